The lowest BCUT2D eigenvalue weighted by atomic mass is 10.2. The number of aryl methyl sites for hydroxylation is 2. The van der Waals surface area contributed by atoms with Gasteiger partial charge in [0.15, 0.2) is 11.5 Å². The van der Waals surface area contributed by atoms with E-state index in [1.165, 1.54) is 0 Å². The van der Waals surface area contributed by atoms with Crippen molar-refractivity contribution in [3.8, 4) is 11.5 Å². The van der Waals surface area contributed by atoms with Crippen LogP contribution < -0.4 is 9.47 Å². The summed E-state index contributed by atoms with van der Waals surface area (Å²) in [6.45, 7) is 5.13. The van der Waals surface area contributed by atoms with E-state index in [-0.39, 0.29) is 0 Å². The predicted octanol–water partition coefficient (Wildman–Crippen LogP) is 3.57. The number of benzene rings is 1. The van der Waals surface area contributed by atoms with Crippen molar-refractivity contribution in [3.63, 3.8) is 0 Å². The summed E-state index contributed by atoms with van der Waals surface area (Å²) in [5.74, 6) is 2.93. The lowest BCUT2D eigenvalue weighted by molar-refractivity contribution is 0.171. The highest BCUT2D eigenvalue weighted by atomic mass is 79.9. The van der Waals surface area contributed by atoms with Gasteiger partial charge in [-0.3, -0.25) is 0 Å². The molecule has 1 aromatic carbocycles. The molecule has 0 unspecified atom stereocenters. The molecule has 24 heavy (non-hydrogen) atoms. The summed E-state index contributed by atoms with van der Waals surface area (Å²) in [6.07, 6.45) is 0. The van der Waals surface area contributed by atoms with Crippen LogP contribution in [0.4, 0.5) is 0 Å². The van der Waals surface area contributed by atoms with Crippen LogP contribution in [0.25, 0.3) is 5.78 Å². The van der Waals surface area contributed by atoms with Crippen LogP contribution in [0.1, 0.15) is 17.0 Å². The zero-order valence-corrected chi connectivity index (χ0v) is 15.6. The van der Waals surface area contributed by atoms with Gasteiger partial charge in [0, 0.05) is 21.6 Å². The van der Waals surface area contributed by atoms with Crippen molar-refractivity contribution in [3.05, 3.63) is 39.6 Å². The van der Waals surface area contributed by atoms with Crippen LogP contribution in [0, 0.1) is 13.8 Å². The van der Waals surface area contributed by atoms with Crippen molar-refractivity contribution in [1.82, 2.24) is 19.6 Å². The number of rotatable bonds is 3. The van der Waals surface area contributed by atoms with E-state index in [0.29, 0.717) is 24.1 Å². The maximum absolute atomic E-state index is 5.65. The van der Waals surface area contributed by atoms with Gasteiger partial charge in [0.1, 0.15) is 13.2 Å². The second kappa shape index (κ2) is 6.25. The SMILES string of the molecule is Cc1cc(C)n2nc(SCc3cc4c(cc3Br)OCCO4)nc2n1. The first-order chi connectivity index (χ1) is 11.6. The quantitative estimate of drug-likeness (QED) is 0.619. The molecule has 8 heteroatoms. The molecule has 0 fully saturated rings. The molecule has 0 saturated carbocycles. The highest BCUT2D eigenvalue weighted by Gasteiger charge is 2.16. The Hall–Kier alpha value is -1.80. The minimum Gasteiger partial charge on any atom is -0.486 e. The maximum atomic E-state index is 5.65. The number of fused-ring (bicyclic) bond motifs is 2. The van der Waals surface area contributed by atoms with Gasteiger partial charge in [-0.1, -0.05) is 27.7 Å². The molecule has 0 amide bonds. The van der Waals surface area contributed by atoms with E-state index in [4.69, 9.17) is 9.47 Å². The number of ether oxygens (including phenoxy) is 2. The average molecular weight is 407 g/mol. The molecule has 124 valence electrons. The molecule has 0 saturated heterocycles. The van der Waals surface area contributed by atoms with Crippen LogP contribution in [0.15, 0.2) is 27.8 Å². The third-order valence-corrected chi connectivity index (χ3v) is 5.29. The summed E-state index contributed by atoms with van der Waals surface area (Å²) < 4.78 is 14.0. The second-order valence-corrected chi connectivity index (χ2v) is 7.32. The molecule has 0 spiro atoms. The van der Waals surface area contributed by atoms with Gasteiger partial charge >= 0.3 is 0 Å². The Balaban J connectivity index is 1.58. The number of nitrogens with zero attached hydrogens (tertiary/aromatic N) is 4. The number of hydrogen-bond donors (Lipinski definition) is 0. The van der Waals surface area contributed by atoms with Crippen LogP contribution in [0.3, 0.4) is 0 Å². The van der Waals surface area contributed by atoms with Crippen LogP contribution in [0.5, 0.6) is 11.5 Å². The fourth-order valence-electron chi connectivity index (χ4n) is 2.57. The summed E-state index contributed by atoms with van der Waals surface area (Å²) in [5, 5.41) is 5.23. The van der Waals surface area contributed by atoms with Gasteiger partial charge in [-0.2, -0.15) is 4.98 Å². The normalized spacial score (nSPS) is 13.5. The van der Waals surface area contributed by atoms with Crippen LogP contribution in [0.2, 0.25) is 0 Å². The molecule has 0 atom stereocenters. The van der Waals surface area contributed by atoms with E-state index >= 15 is 0 Å². The van der Waals surface area contributed by atoms with Crippen LogP contribution in [-0.4, -0.2) is 32.8 Å². The number of hydrogen-bond acceptors (Lipinski definition) is 6. The monoisotopic (exact) mass is 406 g/mol. The molecule has 2 aromatic heterocycles. The molecule has 0 radical (unpaired) electrons. The summed E-state index contributed by atoms with van der Waals surface area (Å²) in [5.41, 5.74) is 3.08. The zero-order chi connectivity index (χ0) is 16.7. The standard InChI is InChI=1S/C16H15BrN4O2S/c1-9-5-10(2)21-15(18-9)19-16(20-21)24-8-11-6-13-14(7-12(11)17)23-4-3-22-13/h5-7H,3-4,8H2,1-2H3. The molecule has 0 N–H and O–H groups in total. The zero-order valence-electron chi connectivity index (χ0n) is 13.2. The van der Waals surface area contributed by atoms with Crippen LogP contribution >= 0.6 is 27.7 Å². The molecule has 6 nitrogen and oxygen atoms in total. The topological polar surface area (TPSA) is 61.5 Å². The Kier molecular flexibility index (Phi) is 4.09. The second-order valence-electron chi connectivity index (χ2n) is 5.52. The maximum Gasteiger partial charge on any atom is 0.253 e. The van der Waals surface area contributed by atoms with Crippen molar-refractivity contribution in [2.24, 2.45) is 0 Å². The third-order valence-electron chi connectivity index (χ3n) is 3.67. The molecule has 3 heterocycles. The number of halogens is 1. The molecule has 0 aliphatic carbocycles. The Bertz CT molecular complexity index is 928. The van der Waals surface area contributed by atoms with E-state index in [9.17, 15) is 0 Å². The first-order valence-corrected chi connectivity index (χ1v) is 9.30. The fraction of sp³-hybridized carbons (Fsp3) is 0.312. The van der Waals surface area contributed by atoms with Gasteiger partial charge in [0.2, 0.25) is 5.16 Å². The summed E-state index contributed by atoms with van der Waals surface area (Å²) in [7, 11) is 0. The molecule has 0 bridgehead atoms. The van der Waals surface area contributed by atoms with E-state index < -0.39 is 0 Å². The Morgan fingerprint density at radius 3 is 2.67 bits per heavy atom. The molecule has 1 aliphatic rings. The third kappa shape index (κ3) is 2.95. The molecular weight excluding hydrogens is 392 g/mol. The van der Waals surface area contributed by atoms with Gasteiger partial charge in [0.25, 0.3) is 5.78 Å². The Morgan fingerprint density at radius 1 is 1.12 bits per heavy atom. The van der Waals surface area contributed by atoms with Crippen molar-refractivity contribution in [2.45, 2.75) is 24.8 Å². The highest BCUT2D eigenvalue weighted by molar-refractivity contribution is 9.10. The predicted molar refractivity (Wildman–Crippen MR) is 94.9 cm³/mol. The van der Waals surface area contributed by atoms with E-state index in [0.717, 1.165) is 38.7 Å². The van der Waals surface area contributed by atoms with Crippen molar-refractivity contribution < 1.29 is 9.47 Å². The van der Waals surface area contributed by atoms with Crippen molar-refractivity contribution in [1.29, 1.82) is 0 Å². The summed E-state index contributed by atoms with van der Waals surface area (Å²) >= 11 is 5.17. The largest absolute Gasteiger partial charge is 0.486 e. The lowest BCUT2D eigenvalue weighted by Crippen LogP contribution is -2.15. The summed E-state index contributed by atoms with van der Waals surface area (Å²) in [6, 6.07) is 5.96. The minimum atomic E-state index is 0.583. The van der Waals surface area contributed by atoms with Gasteiger partial charge in [-0.25, -0.2) is 9.50 Å². The van der Waals surface area contributed by atoms with Crippen molar-refractivity contribution in [2.75, 3.05) is 13.2 Å². The summed E-state index contributed by atoms with van der Waals surface area (Å²) in [4.78, 5) is 8.92. The van der Waals surface area contributed by atoms with E-state index in [1.54, 1.807) is 16.3 Å². The number of thioether (sulfide) groups is 1. The highest BCUT2D eigenvalue weighted by Crippen LogP contribution is 2.37. The van der Waals surface area contributed by atoms with Gasteiger partial charge in [-0.05, 0) is 37.6 Å². The Labute approximate surface area is 151 Å². The Morgan fingerprint density at radius 2 is 1.88 bits per heavy atom. The van der Waals surface area contributed by atoms with Crippen LogP contribution in [-0.2, 0) is 5.75 Å². The molecule has 4 rings (SSSR count). The number of aromatic nitrogens is 4. The first-order valence-electron chi connectivity index (χ1n) is 7.52. The van der Waals surface area contributed by atoms with E-state index in [1.807, 2.05) is 32.0 Å². The van der Waals surface area contributed by atoms with Gasteiger partial charge in [0.05, 0.1) is 0 Å². The lowest BCUT2D eigenvalue weighted by Gasteiger charge is -2.19. The molecular formula is C16H15BrN4O2S. The minimum absolute atomic E-state index is 0.583. The van der Waals surface area contributed by atoms with Gasteiger partial charge < -0.3 is 9.47 Å². The van der Waals surface area contributed by atoms with E-state index in [2.05, 4.69) is 31.0 Å². The van der Waals surface area contributed by atoms with Crippen molar-refractivity contribution >= 4 is 33.5 Å². The molecule has 1 aliphatic heterocycles. The first kappa shape index (κ1) is 15.7. The fourth-order valence-corrected chi connectivity index (χ4v) is 4.03. The molecule has 3 aromatic rings. The van der Waals surface area contributed by atoms with Gasteiger partial charge in [-0.15, -0.1) is 5.10 Å². The smallest absolute Gasteiger partial charge is 0.253 e. The average Bonchev–Trinajstić information content (AvgIpc) is 2.96.